The molecule has 0 fully saturated rings. The van der Waals surface area contributed by atoms with Gasteiger partial charge in [0.25, 0.3) is 0 Å². The third-order valence-corrected chi connectivity index (χ3v) is 1.62. The van der Waals surface area contributed by atoms with Crippen molar-refractivity contribution in [3.8, 4) is 0 Å². The van der Waals surface area contributed by atoms with Crippen molar-refractivity contribution in [2.24, 2.45) is 17.6 Å². The van der Waals surface area contributed by atoms with Crippen LogP contribution in [0.15, 0.2) is 11.8 Å². The van der Waals surface area contributed by atoms with Crippen molar-refractivity contribution in [2.75, 3.05) is 13.2 Å². The van der Waals surface area contributed by atoms with Gasteiger partial charge in [-0.25, -0.2) is 9.59 Å². The van der Waals surface area contributed by atoms with E-state index in [-0.39, 0.29) is 24.1 Å². The number of rotatable bonds is 6. The van der Waals surface area contributed by atoms with Crippen LogP contribution in [0, 0.1) is 11.8 Å². The Labute approximate surface area is 102 Å². The molecule has 17 heavy (non-hydrogen) atoms. The lowest BCUT2D eigenvalue weighted by atomic mass is 10.2. The second kappa shape index (κ2) is 7.70. The standard InChI is InChI=1S/C12H21NO4/c1-8(2)6-16-11(14)5-10(13)12(15)17-7-9(3)4/h5,8-9H,6-7,13H2,1-4H3. The maximum Gasteiger partial charge on any atom is 0.354 e. The maximum absolute atomic E-state index is 11.3. The summed E-state index contributed by atoms with van der Waals surface area (Å²) in [6, 6.07) is 0. The summed E-state index contributed by atoms with van der Waals surface area (Å²) in [6.45, 7) is 8.21. The summed E-state index contributed by atoms with van der Waals surface area (Å²) in [5.74, 6) is -0.862. The highest BCUT2D eigenvalue weighted by atomic mass is 16.5. The van der Waals surface area contributed by atoms with Crippen molar-refractivity contribution in [2.45, 2.75) is 27.7 Å². The Morgan fingerprint density at radius 3 is 2.00 bits per heavy atom. The molecule has 0 unspecified atom stereocenters. The molecular weight excluding hydrogens is 222 g/mol. The number of ether oxygens (including phenoxy) is 2. The van der Waals surface area contributed by atoms with Gasteiger partial charge < -0.3 is 15.2 Å². The molecule has 0 heterocycles. The van der Waals surface area contributed by atoms with Crippen molar-refractivity contribution < 1.29 is 19.1 Å². The van der Waals surface area contributed by atoms with Crippen molar-refractivity contribution in [3.63, 3.8) is 0 Å². The molecule has 0 amide bonds. The SMILES string of the molecule is CC(C)COC(=O)C=C(N)C(=O)OCC(C)C. The zero-order valence-corrected chi connectivity index (χ0v) is 10.9. The fraction of sp³-hybridized carbons (Fsp3) is 0.667. The number of nitrogens with two attached hydrogens (primary N) is 1. The molecule has 0 saturated heterocycles. The first-order valence-corrected chi connectivity index (χ1v) is 5.64. The zero-order chi connectivity index (χ0) is 13.4. The monoisotopic (exact) mass is 243 g/mol. The summed E-state index contributed by atoms with van der Waals surface area (Å²) < 4.78 is 9.70. The highest BCUT2D eigenvalue weighted by molar-refractivity contribution is 5.95. The van der Waals surface area contributed by atoms with Crippen LogP contribution in [-0.4, -0.2) is 25.2 Å². The van der Waals surface area contributed by atoms with Crippen molar-refractivity contribution >= 4 is 11.9 Å². The lowest BCUT2D eigenvalue weighted by Crippen LogP contribution is -2.19. The third kappa shape index (κ3) is 8.30. The Balaban J connectivity index is 4.14. The maximum atomic E-state index is 11.3. The van der Waals surface area contributed by atoms with Crippen LogP contribution in [0.3, 0.4) is 0 Å². The van der Waals surface area contributed by atoms with Crippen LogP contribution in [0.5, 0.6) is 0 Å². The van der Waals surface area contributed by atoms with E-state index in [0.29, 0.717) is 6.61 Å². The Kier molecular flexibility index (Phi) is 7.02. The number of carbonyl (C=O) groups excluding carboxylic acids is 2. The number of hydrogen-bond donors (Lipinski definition) is 1. The van der Waals surface area contributed by atoms with Gasteiger partial charge in [0.15, 0.2) is 0 Å². The van der Waals surface area contributed by atoms with E-state index in [4.69, 9.17) is 15.2 Å². The first-order valence-electron chi connectivity index (χ1n) is 5.64. The molecule has 0 spiro atoms. The largest absolute Gasteiger partial charge is 0.462 e. The van der Waals surface area contributed by atoms with Gasteiger partial charge in [-0.2, -0.15) is 0 Å². The minimum Gasteiger partial charge on any atom is -0.462 e. The molecular formula is C12H21NO4. The summed E-state index contributed by atoms with van der Waals surface area (Å²) in [4.78, 5) is 22.5. The van der Waals surface area contributed by atoms with Gasteiger partial charge in [0.1, 0.15) is 5.70 Å². The highest BCUT2D eigenvalue weighted by Gasteiger charge is 2.11. The third-order valence-electron chi connectivity index (χ3n) is 1.62. The molecule has 0 aromatic rings. The van der Waals surface area contributed by atoms with Gasteiger partial charge in [-0.05, 0) is 11.8 Å². The van der Waals surface area contributed by atoms with Crippen LogP contribution in [0.4, 0.5) is 0 Å². The molecule has 5 nitrogen and oxygen atoms in total. The molecule has 0 aromatic carbocycles. The average molecular weight is 243 g/mol. The summed E-state index contributed by atoms with van der Waals surface area (Å²) >= 11 is 0. The van der Waals surface area contributed by atoms with Crippen LogP contribution < -0.4 is 5.73 Å². The van der Waals surface area contributed by atoms with Gasteiger partial charge in [-0.3, -0.25) is 0 Å². The Morgan fingerprint density at radius 1 is 1.06 bits per heavy atom. The zero-order valence-electron chi connectivity index (χ0n) is 10.9. The first kappa shape index (κ1) is 15.5. The van der Waals surface area contributed by atoms with E-state index < -0.39 is 11.9 Å². The van der Waals surface area contributed by atoms with E-state index in [1.54, 1.807) is 0 Å². The summed E-state index contributed by atoms with van der Waals surface area (Å²) in [6.07, 6.45) is 0.949. The van der Waals surface area contributed by atoms with Crippen molar-refractivity contribution in [3.05, 3.63) is 11.8 Å². The van der Waals surface area contributed by atoms with Gasteiger partial charge in [0.2, 0.25) is 0 Å². The Bertz CT molecular complexity index is 295. The first-order chi connectivity index (χ1) is 7.82. The van der Waals surface area contributed by atoms with E-state index in [9.17, 15) is 9.59 Å². The summed E-state index contributed by atoms with van der Waals surface area (Å²) in [5, 5.41) is 0. The molecule has 0 aliphatic carbocycles. The van der Waals surface area contributed by atoms with Crippen molar-refractivity contribution in [1.82, 2.24) is 0 Å². The predicted molar refractivity (Wildman–Crippen MR) is 63.9 cm³/mol. The smallest absolute Gasteiger partial charge is 0.354 e. The fourth-order valence-electron chi connectivity index (χ4n) is 0.802. The molecule has 0 bridgehead atoms. The molecule has 5 heteroatoms. The fourth-order valence-corrected chi connectivity index (χ4v) is 0.802. The number of carbonyl (C=O) groups is 2. The van der Waals surface area contributed by atoms with E-state index >= 15 is 0 Å². The topological polar surface area (TPSA) is 78.6 Å². The van der Waals surface area contributed by atoms with E-state index in [2.05, 4.69) is 0 Å². The number of esters is 2. The predicted octanol–water partition coefficient (Wildman–Crippen LogP) is 1.23. The van der Waals surface area contributed by atoms with Gasteiger partial charge in [0, 0.05) is 0 Å². The van der Waals surface area contributed by atoms with Gasteiger partial charge in [-0.15, -0.1) is 0 Å². The molecule has 2 N–H and O–H groups in total. The molecule has 0 saturated carbocycles. The quantitative estimate of drug-likeness (QED) is 0.560. The van der Waals surface area contributed by atoms with Gasteiger partial charge in [-0.1, -0.05) is 27.7 Å². The lowest BCUT2D eigenvalue weighted by molar-refractivity contribution is -0.142. The minimum atomic E-state index is -0.694. The van der Waals surface area contributed by atoms with E-state index in [1.807, 2.05) is 27.7 Å². The molecule has 0 aliphatic rings. The molecule has 98 valence electrons. The highest BCUT2D eigenvalue weighted by Crippen LogP contribution is 1.98. The summed E-state index contributed by atoms with van der Waals surface area (Å²) in [5.41, 5.74) is 5.16. The van der Waals surface area contributed by atoms with Crippen LogP contribution in [-0.2, 0) is 19.1 Å². The molecule has 0 atom stereocenters. The average Bonchev–Trinajstić information content (AvgIpc) is 2.22. The van der Waals surface area contributed by atoms with Crippen LogP contribution in [0.1, 0.15) is 27.7 Å². The molecule has 0 rings (SSSR count). The minimum absolute atomic E-state index is 0.222. The molecule has 0 radical (unpaired) electrons. The molecule has 0 aromatic heterocycles. The number of hydrogen-bond acceptors (Lipinski definition) is 5. The van der Waals surface area contributed by atoms with E-state index in [1.165, 1.54) is 0 Å². The second-order valence-electron chi connectivity index (χ2n) is 4.62. The van der Waals surface area contributed by atoms with E-state index in [0.717, 1.165) is 6.08 Å². The lowest BCUT2D eigenvalue weighted by Gasteiger charge is -2.07. The van der Waals surface area contributed by atoms with Crippen LogP contribution in [0.2, 0.25) is 0 Å². The Morgan fingerprint density at radius 2 is 1.53 bits per heavy atom. The second-order valence-corrected chi connectivity index (χ2v) is 4.62. The summed E-state index contributed by atoms with van der Waals surface area (Å²) in [7, 11) is 0. The normalized spacial score (nSPS) is 11.8. The van der Waals surface area contributed by atoms with Crippen molar-refractivity contribution in [1.29, 1.82) is 0 Å². The van der Waals surface area contributed by atoms with Crippen LogP contribution >= 0.6 is 0 Å². The van der Waals surface area contributed by atoms with Gasteiger partial charge in [0.05, 0.1) is 19.3 Å². The Hall–Kier alpha value is -1.52. The van der Waals surface area contributed by atoms with Gasteiger partial charge >= 0.3 is 11.9 Å². The molecule has 0 aliphatic heterocycles. The van der Waals surface area contributed by atoms with Crippen LogP contribution in [0.25, 0.3) is 0 Å².